The molecule has 2 aromatic carbocycles. The van der Waals surface area contributed by atoms with Crippen LogP contribution in [0.5, 0.6) is 5.75 Å². The third-order valence-corrected chi connectivity index (χ3v) is 7.93. The number of unbranched alkanes of at least 4 members (excludes halogenated alkanes) is 1. The molecule has 1 aliphatic carbocycles. The van der Waals surface area contributed by atoms with Crippen molar-refractivity contribution in [3.05, 3.63) is 58.7 Å². The maximum absolute atomic E-state index is 13.4. The number of rotatable bonds is 15. The van der Waals surface area contributed by atoms with Crippen LogP contribution < -0.4 is 4.90 Å². The summed E-state index contributed by atoms with van der Waals surface area (Å²) in [5.41, 5.74) is 4.19. The molecule has 0 aromatic heterocycles. The zero-order chi connectivity index (χ0) is 28.5. The molecular formula is C32H49NO7. The van der Waals surface area contributed by atoms with Crippen molar-refractivity contribution in [1.82, 2.24) is 0 Å². The molecule has 224 valence electrons. The van der Waals surface area contributed by atoms with Gasteiger partial charge in [-0.3, -0.25) is 14.4 Å². The van der Waals surface area contributed by atoms with Gasteiger partial charge in [0.2, 0.25) is 0 Å². The molecule has 0 amide bonds. The van der Waals surface area contributed by atoms with E-state index in [9.17, 15) is 29.7 Å². The number of aromatic hydroxyl groups is 1. The van der Waals surface area contributed by atoms with Crippen LogP contribution in [-0.4, -0.2) is 65.5 Å². The van der Waals surface area contributed by atoms with Crippen LogP contribution in [0.15, 0.2) is 36.4 Å². The van der Waals surface area contributed by atoms with Crippen molar-refractivity contribution in [2.75, 3.05) is 32.2 Å². The number of fused-ring (bicyclic) bond motifs is 1. The van der Waals surface area contributed by atoms with Gasteiger partial charge in [-0.1, -0.05) is 30.3 Å². The van der Waals surface area contributed by atoms with Gasteiger partial charge in [0.1, 0.15) is 17.3 Å². The number of nitrogens with zero attached hydrogens (tertiary/aromatic N) is 1. The highest BCUT2D eigenvalue weighted by Crippen LogP contribution is 2.42. The molecule has 0 aliphatic heterocycles. The zero-order valence-electron chi connectivity index (χ0n) is 24.0. The molecule has 3 atom stereocenters. The zero-order valence-corrected chi connectivity index (χ0v) is 24.0. The molecule has 0 saturated carbocycles. The number of ketones is 3. The van der Waals surface area contributed by atoms with Crippen LogP contribution in [0.2, 0.25) is 0 Å². The molecule has 8 nitrogen and oxygen atoms in total. The van der Waals surface area contributed by atoms with E-state index in [1.807, 2.05) is 43.3 Å². The van der Waals surface area contributed by atoms with Crippen LogP contribution in [0, 0.1) is 17.8 Å². The van der Waals surface area contributed by atoms with Crippen molar-refractivity contribution >= 4 is 23.0 Å². The van der Waals surface area contributed by atoms with Gasteiger partial charge < -0.3 is 25.7 Å². The first-order valence-corrected chi connectivity index (χ1v) is 14.0. The molecule has 0 saturated heterocycles. The summed E-state index contributed by atoms with van der Waals surface area (Å²) >= 11 is 0. The van der Waals surface area contributed by atoms with Gasteiger partial charge >= 0.3 is 0 Å². The lowest BCUT2D eigenvalue weighted by Crippen LogP contribution is -2.33. The van der Waals surface area contributed by atoms with E-state index in [-0.39, 0.29) is 62.7 Å². The molecule has 0 heterocycles. The number of anilines is 1. The van der Waals surface area contributed by atoms with Gasteiger partial charge in [-0.25, -0.2) is 0 Å². The lowest BCUT2D eigenvalue weighted by molar-refractivity contribution is -0.131. The number of aliphatic hydroxyl groups is 2. The SMILES string of the molecule is CC(=O)CC(=O)C(CO)C(CCO)CC1CC(=O)c2c(O)c(CCCCc3ccccc3)cc(N(C)C)c2C1.O.[HH].[HH]. The van der Waals surface area contributed by atoms with Crippen molar-refractivity contribution in [3.8, 4) is 5.75 Å². The number of carbonyl (C=O) groups excluding carboxylic acids is 3. The Hall–Kier alpha value is -3.07. The maximum Gasteiger partial charge on any atom is 0.167 e. The van der Waals surface area contributed by atoms with Crippen molar-refractivity contribution in [2.45, 2.75) is 64.7 Å². The molecule has 5 N–H and O–H groups in total. The lowest BCUT2D eigenvalue weighted by atomic mass is 9.73. The number of benzene rings is 2. The Labute approximate surface area is 240 Å². The summed E-state index contributed by atoms with van der Waals surface area (Å²) in [6.07, 6.45) is 4.83. The highest BCUT2D eigenvalue weighted by molar-refractivity contribution is 6.03. The predicted octanol–water partition coefficient (Wildman–Crippen LogP) is 3.98. The molecule has 0 spiro atoms. The van der Waals surface area contributed by atoms with E-state index >= 15 is 0 Å². The Bertz CT molecular complexity index is 1160. The number of hydrogen-bond donors (Lipinski definition) is 3. The summed E-state index contributed by atoms with van der Waals surface area (Å²) in [5, 5.41) is 30.8. The first kappa shape index (κ1) is 33.1. The molecule has 0 fully saturated rings. The minimum absolute atomic E-state index is 0. The molecule has 3 unspecified atom stereocenters. The average molecular weight is 560 g/mol. The van der Waals surface area contributed by atoms with Crippen LogP contribution in [0.25, 0.3) is 0 Å². The summed E-state index contributed by atoms with van der Waals surface area (Å²) in [4.78, 5) is 39.6. The smallest absolute Gasteiger partial charge is 0.167 e. The number of phenols is 1. The van der Waals surface area contributed by atoms with Gasteiger partial charge in [0.25, 0.3) is 0 Å². The largest absolute Gasteiger partial charge is 0.507 e. The molecule has 8 heteroatoms. The Morgan fingerprint density at radius 2 is 1.75 bits per heavy atom. The number of hydrogen-bond acceptors (Lipinski definition) is 7. The first-order chi connectivity index (χ1) is 18.7. The number of phenolic OH excluding ortho intramolecular Hbond substituents is 1. The molecule has 0 radical (unpaired) electrons. The quantitative estimate of drug-likeness (QED) is 0.221. The summed E-state index contributed by atoms with van der Waals surface area (Å²) in [5.74, 6) is -1.82. The average Bonchev–Trinajstić information content (AvgIpc) is 2.88. The van der Waals surface area contributed by atoms with E-state index in [2.05, 4.69) is 12.1 Å². The Morgan fingerprint density at radius 3 is 2.35 bits per heavy atom. The summed E-state index contributed by atoms with van der Waals surface area (Å²) in [6, 6.07) is 12.3. The van der Waals surface area contributed by atoms with Gasteiger partial charge in [-0.2, -0.15) is 0 Å². The third kappa shape index (κ3) is 8.46. The van der Waals surface area contributed by atoms with Gasteiger partial charge in [0.15, 0.2) is 5.78 Å². The monoisotopic (exact) mass is 559 g/mol. The van der Waals surface area contributed by atoms with E-state index in [1.165, 1.54) is 12.5 Å². The second-order valence-electron chi connectivity index (χ2n) is 11.2. The van der Waals surface area contributed by atoms with Crippen LogP contribution in [0.4, 0.5) is 5.69 Å². The number of carbonyl (C=O) groups is 3. The Balaban J connectivity index is 0.00000560. The second kappa shape index (κ2) is 15.6. The second-order valence-corrected chi connectivity index (χ2v) is 11.2. The fraction of sp³-hybridized carbons (Fsp3) is 0.531. The van der Waals surface area contributed by atoms with Gasteiger partial charge in [-0.15, -0.1) is 0 Å². The Morgan fingerprint density at radius 1 is 1.07 bits per heavy atom. The maximum atomic E-state index is 13.4. The number of aliphatic hydroxyl groups excluding tert-OH is 2. The minimum atomic E-state index is -0.752. The molecule has 40 heavy (non-hydrogen) atoms. The van der Waals surface area contributed by atoms with Crippen LogP contribution >= 0.6 is 0 Å². The van der Waals surface area contributed by atoms with Crippen LogP contribution in [0.3, 0.4) is 0 Å². The standard InChI is InChI=1S/C32H43NO6.H2O.2H2/c1-21(36)15-29(37)27(20-35)24(13-14-34)16-23-17-26-28(33(2)3)19-25(32(39)31(26)30(38)18-23)12-8-7-11-22-9-5-4-6-10-22;;;/h4-6,9-10,19,23-24,27,34-35,39H,7-8,11-18,20H2,1-3H3;1H2;2*1H. The lowest BCUT2D eigenvalue weighted by Gasteiger charge is -2.33. The molecule has 3 rings (SSSR count). The third-order valence-electron chi connectivity index (χ3n) is 7.93. The summed E-state index contributed by atoms with van der Waals surface area (Å²) in [6.45, 7) is 0.797. The van der Waals surface area contributed by atoms with E-state index in [1.54, 1.807) is 0 Å². The van der Waals surface area contributed by atoms with E-state index in [0.29, 0.717) is 31.2 Å². The number of aryl methyl sites for hydroxylation is 2. The van der Waals surface area contributed by atoms with E-state index in [0.717, 1.165) is 36.1 Å². The fourth-order valence-corrected chi connectivity index (χ4v) is 6.00. The molecular weight excluding hydrogens is 510 g/mol. The van der Waals surface area contributed by atoms with Crippen molar-refractivity contribution in [1.29, 1.82) is 0 Å². The van der Waals surface area contributed by atoms with Gasteiger partial charge in [0, 0.05) is 41.6 Å². The minimum Gasteiger partial charge on any atom is -0.507 e. The molecule has 1 aliphatic rings. The first-order valence-electron chi connectivity index (χ1n) is 14.0. The fourth-order valence-electron chi connectivity index (χ4n) is 6.00. The van der Waals surface area contributed by atoms with E-state index < -0.39 is 12.5 Å². The molecule has 0 bridgehead atoms. The molecule has 2 aromatic rings. The van der Waals surface area contributed by atoms with Crippen LogP contribution in [-0.2, 0) is 28.9 Å². The summed E-state index contributed by atoms with van der Waals surface area (Å²) < 4.78 is 0. The Kier molecular flexibility index (Phi) is 13.0. The predicted molar refractivity (Wildman–Crippen MR) is 160 cm³/mol. The normalized spacial score (nSPS) is 16.0. The van der Waals surface area contributed by atoms with Gasteiger partial charge in [-0.05, 0) is 86.5 Å². The highest BCUT2D eigenvalue weighted by Gasteiger charge is 2.35. The van der Waals surface area contributed by atoms with Crippen molar-refractivity contribution in [3.63, 3.8) is 0 Å². The van der Waals surface area contributed by atoms with Crippen LogP contribution in [0.1, 0.15) is 75.4 Å². The summed E-state index contributed by atoms with van der Waals surface area (Å²) in [7, 11) is 3.85. The van der Waals surface area contributed by atoms with Gasteiger partial charge in [0.05, 0.1) is 18.6 Å². The topological polar surface area (TPSA) is 147 Å². The number of Topliss-reactive ketones (excluding diaryl/α,β-unsaturated/α-hetero) is 3. The highest BCUT2D eigenvalue weighted by atomic mass is 16.3. The van der Waals surface area contributed by atoms with E-state index in [4.69, 9.17) is 0 Å². The van der Waals surface area contributed by atoms with Crippen molar-refractivity contribution in [2.24, 2.45) is 17.8 Å². The van der Waals surface area contributed by atoms with Crippen molar-refractivity contribution < 1.29 is 38.0 Å².